The molecule has 0 aliphatic carbocycles. The van der Waals surface area contributed by atoms with Gasteiger partial charge < -0.3 is 11.1 Å². The fourth-order valence-electron chi connectivity index (χ4n) is 1.02. The monoisotopic (exact) mass is 224 g/mol. The highest BCUT2D eigenvalue weighted by Gasteiger charge is 2.04. The lowest BCUT2D eigenvalue weighted by molar-refractivity contribution is -0.121. The molecule has 3 N–H and O–H groups in total. The molecule has 0 heterocycles. The van der Waals surface area contributed by atoms with Gasteiger partial charge in [0.25, 0.3) is 0 Å². The summed E-state index contributed by atoms with van der Waals surface area (Å²) in [5.41, 5.74) is 5.41. The zero-order chi connectivity index (χ0) is 11.1. The third kappa shape index (κ3) is 4.85. The Kier molecular flexibility index (Phi) is 5.21. The van der Waals surface area contributed by atoms with E-state index in [1.165, 1.54) is 4.90 Å². The van der Waals surface area contributed by atoms with E-state index in [1.54, 1.807) is 18.7 Å². The van der Waals surface area contributed by atoms with Crippen LogP contribution in [-0.4, -0.2) is 24.2 Å². The van der Waals surface area contributed by atoms with E-state index in [0.29, 0.717) is 6.54 Å². The molecule has 0 saturated carbocycles. The predicted molar refractivity (Wildman–Crippen MR) is 63.8 cm³/mol. The Morgan fingerprint density at radius 1 is 1.47 bits per heavy atom. The highest BCUT2D eigenvalue weighted by molar-refractivity contribution is 7.99. The SMILES string of the molecule is C[C@@H](N)C(=O)NCCSc1ccccc1. The molecule has 0 spiro atoms. The van der Waals surface area contributed by atoms with Gasteiger partial charge in [-0.2, -0.15) is 0 Å². The number of carbonyl (C=O) groups is 1. The van der Waals surface area contributed by atoms with Crippen molar-refractivity contribution in [2.75, 3.05) is 12.3 Å². The lowest BCUT2D eigenvalue weighted by atomic mass is 10.3. The van der Waals surface area contributed by atoms with Crippen LogP contribution in [0.5, 0.6) is 0 Å². The molecule has 82 valence electrons. The Bertz CT molecular complexity index is 301. The fraction of sp³-hybridized carbons (Fsp3) is 0.364. The van der Waals surface area contributed by atoms with Crippen molar-refractivity contribution in [2.24, 2.45) is 5.73 Å². The molecular formula is C11H16N2OS. The number of nitrogens with one attached hydrogen (secondary N) is 1. The Labute approximate surface area is 94.4 Å². The molecule has 15 heavy (non-hydrogen) atoms. The maximum Gasteiger partial charge on any atom is 0.236 e. The van der Waals surface area contributed by atoms with E-state index < -0.39 is 6.04 Å². The first-order chi connectivity index (χ1) is 7.20. The second-order valence-electron chi connectivity index (χ2n) is 3.24. The summed E-state index contributed by atoms with van der Waals surface area (Å²) in [5.74, 6) is 0.770. The van der Waals surface area contributed by atoms with Crippen molar-refractivity contribution < 1.29 is 4.79 Å². The van der Waals surface area contributed by atoms with Crippen LogP contribution in [0.3, 0.4) is 0 Å². The Hall–Kier alpha value is -1.00. The molecule has 4 heteroatoms. The minimum atomic E-state index is -0.424. The van der Waals surface area contributed by atoms with Crippen molar-refractivity contribution in [1.29, 1.82) is 0 Å². The Balaban J connectivity index is 2.15. The zero-order valence-corrected chi connectivity index (χ0v) is 9.59. The van der Waals surface area contributed by atoms with Crippen molar-refractivity contribution in [3.05, 3.63) is 30.3 Å². The van der Waals surface area contributed by atoms with E-state index in [2.05, 4.69) is 17.4 Å². The van der Waals surface area contributed by atoms with Crippen LogP contribution in [0.1, 0.15) is 6.92 Å². The van der Waals surface area contributed by atoms with Crippen LogP contribution in [0.4, 0.5) is 0 Å². The second kappa shape index (κ2) is 6.48. The van der Waals surface area contributed by atoms with Gasteiger partial charge in [0.1, 0.15) is 0 Å². The van der Waals surface area contributed by atoms with Crippen molar-refractivity contribution in [2.45, 2.75) is 17.9 Å². The summed E-state index contributed by atoms with van der Waals surface area (Å²) in [7, 11) is 0. The van der Waals surface area contributed by atoms with Crippen LogP contribution in [0, 0.1) is 0 Å². The normalized spacial score (nSPS) is 12.1. The van der Waals surface area contributed by atoms with E-state index in [1.807, 2.05) is 18.2 Å². The molecule has 1 aromatic rings. The smallest absolute Gasteiger partial charge is 0.236 e. The molecular weight excluding hydrogens is 208 g/mol. The molecule has 0 unspecified atom stereocenters. The first kappa shape index (κ1) is 12.1. The number of thioether (sulfide) groups is 1. The summed E-state index contributed by atoms with van der Waals surface area (Å²) in [6, 6.07) is 9.68. The molecule has 0 bridgehead atoms. The van der Waals surface area contributed by atoms with Gasteiger partial charge in [0.05, 0.1) is 6.04 Å². The average Bonchev–Trinajstić information content (AvgIpc) is 2.25. The maximum atomic E-state index is 11.1. The minimum absolute atomic E-state index is 0.0938. The lowest BCUT2D eigenvalue weighted by Gasteiger charge is -2.07. The molecule has 3 nitrogen and oxygen atoms in total. The van der Waals surface area contributed by atoms with Gasteiger partial charge in [-0.3, -0.25) is 4.79 Å². The molecule has 0 aromatic heterocycles. The van der Waals surface area contributed by atoms with E-state index in [9.17, 15) is 4.79 Å². The standard InChI is InChI=1S/C11H16N2OS/c1-9(12)11(14)13-7-8-15-10-5-3-2-4-6-10/h2-6,9H,7-8,12H2,1H3,(H,13,14)/t9-/m1/s1. The number of carbonyl (C=O) groups excluding carboxylic acids is 1. The summed E-state index contributed by atoms with van der Waals surface area (Å²) in [6.45, 7) is 2.33. The molecule has 0 aliphatic heterocycles. The predicted octanol–water partition coefficient (Wildman–Crippen LogP) is 1.24. The quantitative estimate of drug-likeness (QED) is 0.584. The molecule has 0 fully saturated rings. The van der Waals surface area contributed by atoms with Gasteiger partial charge in [-0.15, -0.1) is 11.8 Å². The van der Waals surface area contributed by atoms with Crippen molar-refractivity contribution in [3.63, 3.8) is 0 Å². The van der Waals surface area contributed by atoms with E-state index >= 15 is 0 Å². The van der Waals surface area contributed by atoms with Crippen LogP contribution in [0.25, 0.3) is 0 Å². The van der Waals surface area contributed by atoms with Crippen molar-refractivity contribution in [3.8, 4) is 0 Å². The van der Waals surface area contributed by atoms with Crippen LogP contribution >= 0.6 is 11.8 Å². The van der Waals surface area contributed by atoms with Gasteiger partial charge >= 0.3 is 0 Å². The highest BCUT2D eigenvalue weighted by Crippen LogP contribution is 2.15. The first-order valence-corrected chi connectivity index (χ1v) is 5.90. The number of hydrogen-bond donors (Lipinski definition) is 2. The second-order valence-corrected chi connectivity index (χ2v) is 4.41. The Morgan fingerprint density at radius 3 is 2.73 bits per heavy atom. The van der Waals surface area contributed by atoms with E-state index in [0.717, 1.165) is 5.75 Å². The molecule has 1 amide bonds. The third-order valence-corrected chi connectivity index (χ3v) is 2.84. The summed E-state index contributed by atoms with van der Waals surface area (Å²) < 4.78 is 0. The Morgan fingerprint density at radius 2 is 2.13 bits per heavy atom. The van der Waals surface area contributed by atoms with E-state index in [4.69, 9.17) is 5.73 Å². The number of benzene rings is 1. The van der Waals surface area contributed by atoms with Crippen LogP contribution in [0.15, 0.2) is 35.2 Å². The fourth-order valence-corrected chi connectivity index (χ4v) is 1.81. The summed E-state index contributed by atoms with van der Waals surface area (Å²) >= 11 is 1.72. The van der Waals surface area contributed by atoms with Crippen LogP contribution in [0.2, 0.25) is 0 Å². The number of hydrogen-bond acceptors (Lipinski definition) is 3. The third-order valence-electron chi connectivity index (χ3n) is 1.83. The largest absolute Gasteiger partial charge is 0.354 e. The average molecular weight is 224 g/mol. The summed E-state index contributed by atoms with van der Waals surface area (Å²) in [4.78, 5) is 12.3. The van der Waals surface area contributed by atoms with Crippen molar-refractivity contribution in [1.82, 2.24) is 5.32 Å². The molecule has 0 radical (unpaired) electrons. The first-order valence-electron chi connectivity index (χ1n) is 4.91. The summed E-state index contributed by atoms with van der Waals surface area (Å²) in [5, 5.41) is 2.77. The number of rotatable bonds is 5. The summed E-state index contributed by atoms with van der Waals surface area (Å²) in [6.07, 6.45) is 0. The lowest BCUT2D eigenvalue weighted by Crippen LogP contribution is -2.39. The maximum absolute atomic E-state index is 11.1. The van der Waals surface area contributed by atoms with Crippen LogP contribution < -0.4 is 11.1 Å². The van der Waals surface area contributed by atoms with Gasteiger partial charge in [0, 0.05) is 17.2 Å². The number of nitrogens with two attached hydrogens (primary N) is 1. The molecule has 1 atom stereocenters. The van der Waals surface area contributed by atoms with Gasteiger partial charge in [-0.05, 0) is 19.1 Å². The van der Waals surface area contributed by atoms with Crippen LogP contribution in [-0.2, 0) is 4.79 Å². The van der Waals surface area contributed by atoms with E-state index in [-0.39, 0.29) is 5.91 Å². The van der Waals surface area contributed by atoms with Gasteiger partial charge in [0.15, 0.2) is 0 Å². The minimum Gasteiger partial charge on any atom is -0.354 e. The van der Waals surface area contributed by atoms with Gasteiger partial charge in [-0.1, -0.05) is 18.2 Å². The topological polar surface area (TPSA) is 55.1 Å². The van der Waals surface area contributed by atoms with Crippen molar-refractivity contribution >= 4 is 17.7 Å². The molecule has 1 rings (SSSR count). The van der Waals surface area contributed by atoms with Gasteiger partial charge in [0.2, 0.25) is 5.91 Å². The highest BCUT2D eigenvalue weighted by atomic mass is 32.2. The zero-order valence-electron chi connectivity index (χ0n) is 8.77. The molecule has 0 saturated heterocycles. The molecule has 0 aliphatic rings. The molecule has 1 aromatic carbocycles. The van der Waals surface area contributed by atoms with Gasteiger partial charge in [-0.25, -0.2) is 0 Å². The number of amides is 1.